The summed E-state index contributed by atoms with van der Waals surface area (Å²) in [5.74, 6) is 0.286. The number of nitrogens with zero attached hydrogens (tertiary/aromatic N) is 2. The fourth-order valence-corrected chi connectivity index (χ4v) is 4.40. The van der Waals surface area contributed by atoms with E-state index < -0.39 is 0 Å². The van der Waals surface area contributed by atoms with E-state index in [0.29, 0.717) is 12.5 Å². The second-order valence-electron chi connectivity index (χ2n) is 6.91. The molecule has 0 spiro atoms. The molecular formula is C20H24N2OS. The Kier molecular flexibility index (Phi) is 4.67. The van der Waals surface area contributed by atoms with Crippen LogP contribution in [0.4, 0.5) is 0 Å². The van der Waals surface area contributed by atoms with Crippen LogP contribution in [0.1, 0.15) is 23.3 Å². The number of hydrogen-bond acceptors (Lipinski definition) is 3. The average Bonchev–Trinajstić information content (AvgIpc) is 3.34. The van der Waals surface area contributed by atoms with Crippen LogP contribution in [0.25, 0.3) is 0 Å². The van der Waals surface area contributed by atoms with Crippen molar-refractivity contribution in [1.82, 2.24) is 9.80 Å². The monoisotopic (exact) mass is 340 g/mol. The minimum Gasteiger partial charge on any atom is -0.336 e. The Morgan fingerprint density at radius 2 is 1.92 bits per heavy atom. The van der Waals surface area contributed by atoms with Crippen LogP contribution in [-0.2, 0) is 17.6 Å². The van der Waals surface area contributed by atoms with E-state index in [2.05, 4.69) is 51.6 Å². The van der Waals surface area contributed by atoms with E-state index in [1.54, 1.807) is 11.3 Å². The molecule has 1 aromatic carbocycles. The minimum absolute atomic E-state index is 0.286. The molecule has 4 rings (SSSR count). The predicted molar refractivity (Wildman–Crippen MR) is 98.3 cm³/mol. The zero-order chi connectivity index (χ0) is 16.4. The molecule has 126 valence electrons. The Bertz CT molecular complexity index is 666. The molecule has 24 heavy (non-hydrogen) atoms. The average molecular weight is 340 g/mol. The quantitative estimate of drug-likeness (QED) is 0.834. The standard InChI is InChI=1S/C20H24N2OS/c23-20(14-19-7-4-12-24-19)22-11-10-21(17-8-9-17)15-18(22)13-16-5-2-1-3-6-16/h1-7,12,17-18H,8-11,13-15H2. The fraction of sp³-hybridized carbons (Fsp3) is 0.450. The molecule has 2 aromatic rings. The van der Waals surface area contributed by atoms with Gasteiger partial charge in [-0.15, -0.1) is 11.3 Å². The fourth-order valence-electron chi connectivity index (χ4n) is 3.70. The molecule has 1 saturated heterocycles. The second kappa shape index (κ2) is 7.08. The third-order valence-electron chi connectivity index (χ3n) is 5.12. The normalized spacial score (nSPS) is 21.8. The van der Waals surface area contributed by atoms with Crippen molar-refractivity contribution in [3.8, 4) is 0 Å². The molecular weight excluding hydrogens is 316 g/mol. The van der Waals surface area contributed by atoms with Crippen molar-refractivity contribution < 1.29 is 4.79 Å². The third-order valence-corrected chi connectivity index (χ3v) is 5.99. The Hall–Kier alpha value is -1.65. The molecule has 2 aliphatic rings. The molecule has 1 aliphatic heterocycles. The van der Waals surface area contributed by atoms with Crippen LogP contribution in [0.15, 0.2) is 47.8 Å². The molecule has 1 saturated carbocycles. The molecule has 0 bridgehead atoms. The number of amides is 1. The van der Waals surface area contributed by atoms with Gasteiger partial charge in [0.1, 0.15) is 0 Å². The highest BCUT2D eigenvalue weighted by molar-refractivity contribution is 7.10. The Labute approximate surface area is 147 Å². The first-order chi connectivity index (χ1) is 11.8. The molecule has 1 aliphatic carbocycles. The van der Waals surface area contributed by atoms with Crippen LogP contribution in [0.5, 0.6) is 0 Å². The molecule has 3 nitrogen and oxygen atoms in total. The summed E-state index contributed by atoms with van der Waals surface area (Å²) < 4.78 is 0. The van der Waals surface area contributed by atoms with E-state index in [4.69, 9.17) is 0 Å². The van der Waals surface area contributed by atoms with Gasteiger partial charge in [-0.25, -0.2) is 0 Å². The lowest BCUT2D eigenvalue weighted by Crippen LogP contribution is -2.56. The highest BCUT2D eigenvalue weighted by atomic mass is 32.1. The molecule has 0 radical (unpaired) electrons. The number of benzene rings is 1. The first-order valence-corrected chi connectivity index (χ1v) is 9.77. The van der Waals surface area contributed by atoms with Gasteiger partial charge in [-0.1, -0.05) is 36.4 Å². The molecule has 1 atom stereocenters. The predicted octanol–water partition coefficient (Wildman–Crippen LogP) is 3.21. The molecule has 0 N–H and O–H groups in total. The summed E-state index contributed by atoms with van der Waals surface area (Å²) in [5, 5.41) is 2.05. The highest BCUT2D eigenvalue weighted by Crippen LogP contribution is 2.30. The van der Waals surface area contributed by atoms with E-state index >= 15 is 0 Å². The van der Waals surface area contributed by atoms with Gasteiger partial charge in [0.05, 0.1) is 6.42 Å². The van der Waals surface area contributed by atoms with Crippen molar-refractivity contribution in [3.05, 3.63) is 58.3 Å². The maximum absolute atomic E-state index is 12.9. The van der Waals surface area contributed by atoms with Gasteiger partial charge in [-0.3, -0.25) is 9.69 Å². The maximum Gasteiger partial charge on any atom is 0.228 e. The van der Waals surface area contributed by atoms with Crippen LogP contribution in [0.2, 0.25) is 0 Å². The topological polar surface area (TPSA) is 23.6 Å². The van der Waals surface area contributed by atoms with Gasteiger partial charge in [0.2, 0.25) is 5.91 Å². The van der Waals surface area contributed by atoms with Crippen molar-refractivity contribution in [2.24, 2.45) is 0 Å². The van der Waals surface area contributed by atoms with Crippen molar-refractivity contribution in [2.75, 3.05) is 19.6 Å². The van der Waals surface area contributed by atoms with Gasteiger partial charge in [0.15, 0.2) is 0 Å². The third kappa shape index (κ3) is 3.70. The summed E-state index contributed by atoms with van der Waals surface area (Å²) in [7, 11) is 0. The number of carbonyl (C=O) groups is 1. The lowest BCUT2D eigenvalue weighted by molar-refractivity contribution is -0.135. The number of thiophene rings is 1. The van der Waals surface area contributed by atoms with Gasteiger partial charge in [0.25, 0.3) is 0 Å². The number of rotatable bonds is 5. The zero-order valence-corrected chi connectivity index (χ0v) is 14.8. The van der Waals surface area contributed by atoms with Crippen molar-refractivity contribution in [3.63, 3.8) is 0 Å². The van der Waals surface area contributed by atoms with Gasteiger partial charge in [-0.2, -0.15) is 0 Å². The lowest BCUT2D eigenvalue weighted by atomic mass is 10.0. The zero-order valence-electron chi connectivity index (χ0n) is 13.9. The van der Waals surface area contributed by atoms with E-state index in [1.165, 1.54) is 23.3 Å². The Morgan fingerprint density at radius 1 is 1.08 bits per heavy atom. The Morgan fingerprint density at radius 3 is 2.62 bits per heavy atom. The molecule has 2 fully saturated rings. The summed E-state index contributed by atoms with van der Waals surface area (Å²) in [5.41, 5.74) is 1.33. The largest absolute Gasteiger partial charge is 0.336 e. The van der Waals surface area contributed by atoms with Gasteiger partial charge >= 0.3 is 0 Å². The minimum atomic E-state index is 0.286. The number of piperazine rings is 1. The molecule has 4 heteroatoms. The first kappa shape index (κ1) is 15.9. The first-order valence-electron chi connectivity index (χ1n) is 8.89. The second-order valence-corrected chi connectivity index (χ2v) is 7.95. The Balaban J connectivity index is 1.48. The van der Waals surface area contributed by atoms with E-state index in [1.807, 2.05) is 6.07 Å². The molecule has 2 heterocycles. The van der Waals surface area contributed by atoms with Crippen LogP contribution in [-0.4, -0.2) is 47.4 Å². The maximum atomic E-state index is 12.9. The van der Waals surface area contributed by atoms with E-state index in [0.717, 1.165) is 32.1 Å². The van der Waals surface area contributed by atoms with Crippen LogP contribution in [0.3, 0.4) is 0 Å². The number of carbonyl (C=O) groups excluding carboxylic acids is 1. The summed E-state index contributed by atoms with van der Waals surface area (Å²) in [6.45, 7) is 2.93. The van der Waals surface area contributed by atoms with Gasteiger partial charge in [0, 0.05) is 36.6 Å². The van der Waals surface area contributed by atoms with Crippen LogP contribution < -0.4 is 0 Å². The van der Waals surface area contributed by atoms with Crippen molar-refractivity contribution in [2.45, 2.75) is 37.8 Å². The van der Waals surface area contributed by atoms with Crippen molar-refractivity contribution in [1.29, 1.82) is 0 Å². The number of hydrogen-bond donors (Lipinski definition) is 0. The summed E-state index contributed by atoms with van der Waals surface area (Å²) in [4.78, 5) is 18.8. The SMILES string of the molecule is O=C(Cc1cccs1)N1CCN(C2CC2)CC1Cc1ccccc1. The van der Waals surface area contributed by atoms with E-state index in [-0.39, 0.29) is 5.91 Å². The van der Waals surface area contributed by atoms with Crippen LogP contribution in [0, 0.1) is 0 Å². The van der Waals surface area contributed by atoms with Crippen molar-refractivity contribution >= 4 is 17.2 Å². The highest BCUT2D eigenvalue weighted by Gasteiger charge is 2.37. The summed E-state index contributed by atoms with van der Waals surface area (Å²) >= 11 is 1.68. The van der Waals surface area contributed by atoms with Gasteiger partial charge < -0.3 is 4.90 Å². The summed E-state index contributed by atoms with van der Waals surface area (Å²) in [6.07, 6.45) is 4.18. The van der Waals surface area contributed by atoms with Crippen LogP contribution >= 0.6 is 11.3 Å². The molecule has 1 aromatic heterocycles. The molecule has 1 amide bonds. The lowest BCUT2D eigenvalue weighted by Gasteiger charge is -2.42. The van der Waals surface area contributed by atoms with E-state index in [9.17, 15) is 4.79 Å². The summed E-state index contributed by atoms with van der Waals surface area (Å²) in [6, 6.07) is 15.8. The smallest absolute Gasteiger partial charge is 0.228 e. The molecule has 1 unspecified atom stereocenters. The van der Waals surface area contributed by atoms with Gasteiger partial charge in [-0.05, 0) is 36.3 Å².